The van der Waals surface area contributed by atoms with Crippen LogP contribution in [0.25, 0.3) is 11.0 Å². The maximum Gasteiger partial charge on any atom is 0.242 e. The summed E-state index contributed by atoms with van der Waals surface area (Å²) in [6, 6.07) is 10.2. The second kappa shape index (κ2) is 7.94. The van der Waals surface area contributed by atoms with Crippen molar-refractivity contribution in [1.82, 2.24) is 0 Å². The number of hydrogen-bond acceptors (Lipinski definition) is 5. The summed E-state index contributed by atoms with van der Waals surface area (Å²) < 4.78 is 16.3. The third-order valence-electron chi connectivity index (χ3n) is 4.42. The predicted molar refractivity (Wildman–Crippen MR) is 108 cm³/mol. The Morgan fingerprint density at radius 1 is 1.11 bits per heavy atom. The molecule has 146 valence electrons. The first kappa shape index (κ1) is 19.8. The van der Waals surface area contributed by atoms with Gasteiger partial charge in [-0.15, -0.1) is 11.6 Å². The van der Waals surface area contributed by atoms with E-state index in [9.17, 15) is 9.59 Å². The Bertz CT molecular complexity index is 1050. The Morgan fingerprint density at radius 2 is 1.86 bits per heavy atom. The number of nitrogens with one attached hydrogen (secondary N) is 1. The number of amides is 1. The van der Waals surface area contributed by atoms with Crippen LogP contribution in [0.2, 0.25) is 0 Å². The van der Waals surface area contributed by atoms with Crippen molar-refractivity contribution in [3.63, 3.8) is 0 Å². The molecule has 0 radical (unpaired) electrons. The van der Waals surface area contributed by atoms with Gasteiger partial charge < -0.3 is 19.2 Å². The molecule has 0 spiro atoms. The van der Waals surface area contributed by atoms with Crippen LogP contribution in [0, 0.1) is 6.92 Å². The van der Waals surface area contributed by atoms with Gasteiger partial charge in [-0.1, -0.05) is 0 Å². The third-order valence-corrected chi connectivity index (χ3v) is 4.62. The lowest BCUT2D eigenvalue weighted by molar-refractivity contribution is -0.115. The molecule has 0 aliphatic carbocycles. The zero-order chi connectivity index (χ0) is 20.4. The number of carbonyl (C=O) groups is 2. The number of rotatable bonds is 6. The molecule has 6 nitrogen and oxygen atoms in total. The molecular weight excluding hydrogens is 382 g/mol. The van der Waals surface area contributed by atoms with E-state index in [-0.39, 0.29) is 17.5 Å². The molecule has 1 heterocycles. The number of carbonyl (C=O) groups excluding carboxylic acids is 2. The van der Waals surface area contributed by atoms with Gasteiger partial charge in [0.2, 0.25) is 11.7 Å². The lowest BCUT2D eigenvalue weighted by Crippen LogP contribution is -2.20. The van der Waals surface area contributed by atoms with Crippen LogP contribution in [0.4, 0.5) is 5.69 Å². The molecule has 0 saturated heterocycles. The number of furan rings is 1. The number of alkyl halides is 1. The number of ketones is 1. The standard InChI is InChI=1S/C21H20ClNO5/c1-11-15-9-13(23-21(25)12(2)22)5-7-18(15)28-20(11)19(24)16-10-14(26-3)6-8-17(16)27-4/h5-10,12H,1-4H3,(H,23,25). The van der Waals surface area contributed by atoms with Crippen molar-refractivity contribution in [3.05, 3.63) is 53.3 Å². The van der Waals surface area contributed by atoms with Gasteiger partial charge >= 0.3 is 0 Å². The first-order valence-corrected chi connectivity index (χ1v) is 9.04. The van der Waals surface area contributed by atoms with Crippen LogP contribution in [0.5, 0.6) is 11.5 Å². The summed E-state index contributed by atoms with van der Waals surface area (Å²) in [6.07, 6.45) is 0. The fourth-order valence-corrected chi connectivity index (χ4v) is 2.93. The maximum atomic E-state index is 13.1. The minimum Gasteiger partial charge on any atom is -0.497 e. The van der Waals surface area contributed by atoms with Gasteiger partial charge in [0, 0.05) is 16.6 Å². The Hall–Kier alpha value is -2.99. The zero-order valence-corrected chi connectivity index (χ0v) is 16.7. The molecule has 2 aromatic carbocycles. The highest BCUT2D eigenvalue weighted by atomic mass is 35.5. The van der Waals surface area contributed by atoms with E-state index < -0.39 is 5.38 Å². The predicted octanol–water partition coefficient (Wildman–Crippen LogP) is 4.56. The minimum absolute atomic E-state index is 0.204. The molecule has 7 heteroatoms. The molecule has 1 N–H and O–H groups in total. The van der Waals surface area contributed by atoms with Crippen molar-refractivity contribution in [2.75, 3.05) is 19.5 Å². The number of methoxy groups -OCH3 is 2. The van der Waals surface area contributed by atoms with Crippen molar-refractivity contribution in [1.29, 1.82) is 0 Å². The van der Waals surface area contributed by atoms with Gasteiger partial charge in [0.05, 0.1) is 19.8 Å². The third kappa shape index (κ3) is 3.68. The smallest absolute Gasteiger partial charge is 0.242 e. The Balaban J connectivity index is 2.03. The van der Waals surface area contributed by atoms with E-state index in [0.29, 0.717) is 33.9 Å². The number of ether oxygens (including phenoxy) is 2. The summed E-state index contributed by atoms with van der Waals surface area (Å²) in [6.45, 7) is 3.39. The van der Waals surface area contributed by atoms with E-state index in [1.165, 1.54) is 14.2 Å². The number of aryl methyl sites for hydroxylation is 1. The molecule has 1 unspecified atom stereocenters. The summed E-state index contributed by atoms with van der Waals surface area (Å²) in [5, 5.41) is 2.80. The van der Waals surface area contributed by atoms with Crippen molar-refractivity contribution in [2.45, 2.75) is 19.2 Å². The van der Waals surface area contributed by atoms with Crippen molar-refractivity contribution >= 4 is 39.9 Å². The Kier molecular flexibility index (Phi) is 5.61. The monoisotopic (exact) mass is 401 g/mol. The lowest BCUT2D eigenvalue weighted by atomic mass is 10.0. The Morgan fingerprint density at radius 3 is 2.50 bits per heavy atom. The number of halogens is 1. The maximum absolute atomic E-state index is 13.1. The van der Waals surface area contributed by atoms with Crippen LogP contribution in [0.1, 0.15) is 28.6 Å². The average Bonchev–Trinajstić information content (AvgIpc) is 3.03. The Labute approximate surface area is 167 Å². The van der Waals surface area contributed by atoms with Crippen LogP contribution in [0.3, 0.4) is 0 Å². The summed E-state index contributed by atoms with van der Waals surface area (Å²) >= 11 is 5.80. The van der Waals surface area contributed by atoms with Crippen molar-refractivity contribution in [3.8, 4) is 11.5 Å². The van der Waals surface area contributed by atoms with E-state index in [0.717, 1.165) is 5.39 Å². The average molecular weight is 402 g/mol. The summed E-state index contributed by atoms with van der Waals surface area (Å²) in [4.78, 5) is 24.9. The first-order valence-electron chi connectivity index (χ1n) is 8.60. The molecule has 3 aromatic rings. The van der Waals surface area contributed by atoms with Gasteiger partial charge in [-0.25, -0.2) is 0 Å². The quantitative estimate of drug-likeness (QED) is 0.484. The minimum atomic E-state index is -0.654. The highest BCUT2D eigenvalue weighted by Gasteiger charge is 2.23. The van der Waals surface area contributed by atoms with Gasteiger partial charge in [-0.3, -0.25) is 9.59 Å². The number of hydrogen-bond donors (Lipinski definition) is 1. The number of fused-ring (bicyclic) bond motifs is 1. The molecular formula is C21H20ClNO5. The summed E-state index contributed by atoms with van der Waals surface area (Å²) in [5.74, 6) is 0.549. The molecule has 0 aliphatic heterocycles. The normalized spacial score (nSPS) is 11.9. The largest absolute Gasteiger partial charge is 0.497 e. The molecule has 0 saturated carbocycles. The van der Waals surface area contributed by atoms with Crippen molar-refractivity contribution in [2.24, 2.45) is 0 Å². The molecule has 28 heavy (non-hydrogen) atoms. The fraction of sp³-hybridized carbons (Fsp3) is 0.238. The van der Waals surface area contributed by atoms with Crippen LogP contribution < -0.4 is 14.8 Å². The van der Waals surface area contributed by atoms with Crippen LogP contribution >= 0.6 is 11.6 Å². The molecule has 0 fully saturated rings. The lowest BCUT2D eigenvalue weighted by Gasteiger charge is -2.09. The van der Waals surface area contributed by atoms with Gasteiger partial charge in [0.25, 0.3) is 0 Å². The number of anilines is 1. The SMILES string of the molecule is COc1ccc(OC)c(C(=O)c2oc3ccc(NC(=O)C(C)Cl)cc3c2C)c1. The molecule has 1 aromatic heterocycles. The van der Waals surface area contributed by atoms with Crippen molar-refractivity contribution < 1.29 is 23.5 Å². The van der Waals surface area contributed by atoms with Gasteiger partial charge in [0.1, 0.15) is 22.5 Å². The molecule has 0 bridgehead atoms. The fourth-order valence-electron chi connectivity index (χ4n) is 2.87. The molecule has 1 amide bonds. The van der Waals surface area contributed by atoms with Gasteiger partial charge in [-0.05, 0) is 50.2 Å². The second-order valence-corrected chi connectivity index (χ2v) is 6.92. The zero-order valence-electron chi connectivity index (χ0n) is 16.0. The van der Waals surface area contributed by atoms with Crippen LogP contribution in [-0.2, 0) is 4.79 Å². The second-order valence-electron chi connectivity index (χ2n) is 6.27. The summed E-state index contributed by atoms with van der Waals surface area (Å²) in [5.41, 5.74) is 2.12. The number of benzene rings is 2. The van der Waals surface area contributed by atoms with E-state index in [1.807, 2.05) is 0 Å². The highest BCUT2D eigenvalue weighted by Crippen LogP contribution is 2.32. The van der Waals surface area contributed by atoms with Gasteiger partial charge in [0.15, 0.2) is 5.76 Å². The van der Waals surface area contributed by atoms with E-state index >= 15 is 0 Å². The topological polar surface area (TPSA) is 77.8 Å². The first-order chi connectivity index (χ1) is 13.3. The highest BCUT2D eigenvalue weighted by molar-refractivity contribution is 6.32. The molecule has 0 aliphatic rings. The van der Waals surface area contributed by atoms with E-state index in [4.69, 9.17) is 25.5 Å². The summed E-state index contributed by atoms with van der Waals surface area (Å²) in [7, 11) is 3.02. The molecule has 1 atom stereocenters. The van der Waals surface area contributed by atoms with Crippen LogP contribution in [-0.4, -0.2) is 31.3 Å². The van der Waals surface area contributed by atoms with Crippen LogP contribution in [0.15, 0.2) is 40.8 Å². The molecule has 3 rings (SSSR count). The van der Waals surface area contributed by atoms with E-state index in [2.05, 4.69) is 5.32 Å². The van der Waals surface area contributed by atoms with E-state index in [1.54, 1.807) is 50.2 Å². The van der Waals surface area contributed by atoms with Gasteiger partial charge in [-0.2, -0.15) is 0 Å².